The van der Waals surface area contributed by atoms with Gasteiger partial charge in [-0.1, -0.05) is 0 Å². The molecule has 0 saturated carbocycles. The predicted molar refractivity (Wildman–Crippen MR) is 72.7 cm³/mol. The molecule has 0 aliphatic carbocycles. The third-order valence-electron chi connectivity index (χ3n) is 2.68. The summed E-state index contributed by atoms with van der Waals surface area (Å²) in [5.41, 5.74) is -0.289. The fourth-order valence-corrected chi connectivity index (χ4v) is 2.42. The highest BCUT2D eigenvalue weighted by atomic mass is 32.2. The van der Waals surface area contributed by atoms with Crippen LogP contribution in [0.25, 0.3) is 0 Å². The van der Waals surface area contributed by atoms with Crippen LogP contribution in [0.3, 0.4) is 0 Å². The quantitative estimate of drug-likeness (QED) is 0.633. The molecule has 0 bridgehead atoms. The average Bonchev–Trinajstić information content (AvgIpc) is 2.36. The molecule has 19 heavy (non-hydrogen) atoms. The fraction of sp³-hybridized carbons (Fsp3) is 0.429. The Morgan fingerprint density at radius 2 is 2.21 bits per heavy atom. The second-order valence-electron chi connectivity index (χ2n) is 4.90. The van der Waals surface area contributed by atoms with Crippen LogP contribution in [0, 0.1) is 22.6 Å². The van der Waals surface area contributed by atoms with Gasteiger partial charge in [-0.3, -0.25) is 0 Å². The van der Waals surface area contributed by atoms with Gasteiger partial charge in [0.25, 0.3) is 0 Å². The minimum absolute atomic E-state index is 0.0845. The van der Waals surface area contributed by atoms with Gasteiger partial charge in [0, 0.05) is 4.90 Å². The maximum absolute atomic E-state index is 13.5. The molecule has 0 unspecified atom stereocenters. The standard InChI is InChI=1S/C14H16FNO2S/c1-14(2,9-16)6-3-7-19-12-8-10(13(17)18)4-5-11(12)15/h4-5,8H,3,6-7H2,1-2H3,(H,17,18). The lowest BCUT2D eigenvalue weighted by atomic mass is 9.90. The van der Waals surface area contributed by atoms with Crippen LogP contribution in [0.4, 0.5) is 4.39 Å². The molecular formula is C14H16FNO2S. The minimum atomic E-state index is -1.06. The number of carboxylic acids is 1. The molecule has 0 amide bonds. The van der Waals surface area contributed by atoms with Crippen molar-refractivity contribution < 1.29 is 14.3 Å². The van der Waals surface area contributed by atoms with Gasteiger partial charge in [-0.15, -0.1) is 11.8 Å². The third kappa shape index (κ3) is 4.92. The lowest BCUT2D eigenvalue weighted by Gasteiger charge is -2.14. The monoisotopic (exact) mass is 281 g/mol. The molecule has 1 aromatic rings. The normalized spacial score (nSPS) is 11.1. The van der Waals surface area contributed by atoms with Crippen molar-refractivity contribution >= 4 is 17.7 Å². The highest BCUT2D eigenvalue weighted by molar-refractivity contribution is 7.99. The van der Waals surface area contributed by atoms with Gasteiger partial charge >= 0.3 is 5.97 Å². The highest BCUT2D eigenvalue weighted by Gasteiger charge is 2.16. The summed E-state index contributed by atoms with van der Waals surface area (Å²) >= 11 is 1.28. The van der Waals surface area contributed by atoms with E-state index in [1.165, 1.54) is 30.0 Å². The summed E-state index contributed by atoms with van der Waals surface area (Å²) < 4.78 is 13.5. The first-order valence-corrected chi connectivity index (χ1v) is 6.91. The highest BCUT2D eigenvalue weighted by Crippen LogP contribution is 2.27. The van der Waals surface area contributed by atoms with Gasteiger partial charge in [-0.25, -0.2) is 9.18 Å². The molecule has 1 N–H and O–H groups in total. The SMILES string of the molecule is CC(C)(C#N)CCCSc1cc(C(=O)O)ccc1F. The Hall–Kier alpha value is -1.54. The zero-order valence-corrected chi connectivity index (χ0v) is 11.8. The number of carboxylic acid groups (broad SMARTS) is 1. The molecule has 1 rings (SSSR count). The summed E-state index contributed by atoms with van der Waals surface area (Å²) in [5.74, 6) is -0.813. The molecule has 0 aliphatic rings. The van der Waals surface area contributed by atoms with E-state index in [1.54, 1.807) is 0 Å². The average molecular weight is 281 g/mol. The minimum Gasteiger partial charge on any atom is -0.478 e. The number of hydrogen-bond donors (Lipinski definition) is 1. The maximum atomic E-state index is 13.5. The van der Waals surface area contributed by atoms with Crippen molar-refractivity contribution in [2.24, 2.45) is 5.41 Å². The van der Waals surface area contributed by atoms with E-state index in [0.717, 1.165) is 12.8 Å². The Labute approximate surface area is 116 Å². The lowest BCUT2D eigenvalue weighted by Crippen LogP contribution is -2.07. The Balaban J connectivity index is 2.56. The van der Waals surface area contributed by atoms with Crippen LogP contribution in [0.1, 0.15) is 37.0 Å². The van der Waals surface area contributed by atoms with E-state index in [0.29, 0.717) is 10.6 Å². The first-order chi connectivity index (χ1) is 8.85. The van der Waals surface area contributed by atoms with Gasteiger partial charge in [-0.05, 0) is 50.6 Å². The van der Waals surface area contributed by atoms with Gasteiger partial charge in [0.1, 0.15) is 5.82 Å². The van der Waals surface area contributed by atoms with Gasteiger partial charge in [-0.2, -0.15) is 5.26 Å². The zero-order chi connectivity index (χ0) is 14.5. The summed E-state index contributed by atoms with van der Waals surface area (Å²) in [6.45, 7) is 3.73. The van der Waals surface area contributed by atoms with Gasteiger partial charge < -0.3 is 5.11 Å². The second kappa shape index (κ2) is 6.58. The van der Waals surface area contributed by atoms with Crippen molar-refractivity contribution in [1.82, 2.24) is 0 Å². The lowest BCUT2D eigenvalue weighted by molar-refractivity contribution is 0.0696. The molecule has 0 radical (unpaired) electrons. The molecule has 0 aliphatic heterocycles. The first kappa shape index (κ1) is 15.5. The van der Waals surface area contributed by atoms with Crippen molar-refractivity contribution in [1.29, 1.82) is 5.26 Å². The molecule has 1 aromatic carbocycles. The molecule has 5 heteroatoms. The van der Waals surface area contributed by atoms with E-state index in [4.69, 9.17) is 10.4 Å². The largest absolute Gasteiger partial charge is 0.478 e. The summed E-state index contributed by atoms with van der Waals surface area (Å²) in [6.07, 6.45) is 1.51. The molecule has 0 fully saturated rings. The number of halogens is 1. The molecule has 0 spiro atoms. The number of benzene rings is 1. The summed E-state index contributed by atoms with van der Waals surface area (Å²) in [6, 6.07) is 5.98. The number of nitriles is 1. The molecular weight excluding hydrogens is 265 g/mol. The molecule has 0 atom stereocenters. The van der Waals surface area contributed by atoms with Gasteiger partial charge in [0.05, 0.1) is 17.0 Å². The van der Waals surface area contributed by atoms with Crippen molar-refractivity contribution in [2.45, 2.75) is 31.6 Å². The number of rotatable bonds is 6. The zero-order valence-electron chi connectivity index (χ0n) is 10.9. The van der Waals surface area contributed by atoms with Crippen LogP contribution >= 0.6 is 11.8 Å². The van der Waals surface area contributed by atoms with Crippen molar-refractivity contribution in [3.8, 4) is 6.07 Å². The Bertz CT molecular complexity index is 509. The van der Waals surface area contributed by atoms with Crippen molar-refractivity contribution in [3.05, 3.63) is 29.6 Å². The number of hydrogen-bond acceptors (Lipinski definition) is 3. The topological polar surface area (TPSA) is 61.1 Å². The van der Waals surface area contributed by atoms with Crippen molar-refractivity contribution in [2.75, 3.05) is 5.75 Å². The van der Waals surface area contributed by atoms with E-state index < -0.39 is 11.8 Å². The van der Waals surface area contributed by atoms with E-state index in [1.807, 2.05) is 13.8 Å². The van der Waals surface area contributed by atoms with Crippen LogP contribution in [0.15, 0.2) is 23.1 Å². The molecule has 0 aromatic heterocycles. The van der Waals surface area contributed by atoms with E-state index >= 15 is 0 Å². The summed E-state index contributed by atoms with van der Waals surface area (Å²) in [7, 11) is 0. The number of aromatic carboxylic acids is 1. The van der Waals surface area contributed by atoms with E-state index in [-0.39, 0.29) is 11.0 Å². The van der Waals surface area contributed by atoms with E-state index in [9.17, 15) is 9.18 Å². The van der Waals surface area contributed by atoms with Crippen LogP contribution in [-0.4, -0.2) is 16.8 Å². The fourth-order valence-electron chi connectivity index (χ4n) is 1.50. The van der Waals surface area contributed by atoms with Crippen LogP contribution in [-0.2, 0) is 0 Å². The number of nitrogens with zero attached hydrogens (tertiary/aromatic N) is 1. The van der Waals surface area contributed by atoms with Gasteiger partial charge in [0.15, 0.2) is 0 Å². The van der Waals surface area contributed by atoms with Crippen LogP contribution in [0.2, 0.25) is 0 Å². The maximum Gasteiger partial charge on any atom is 0.335 e. The van der Waals surface area contributed by atoms with Crippen LogP contribution < -0.4 is 0 Å². The first-order valence-electron chi connectivity index (χ1n) is 5.92. The Morgan fingerprint density at radius 3 is 2.79 bits per heavy atom. The second-order valence-corrected chi connectivity index (χ2v) is 6.03. The molecule has 0 heterocycles. The van der Waals surface area contributed by atoms with Gasteiger partial charge in [0.2, 0.25) is 0 Å². The number of thioether (sulfide) groups is 1. The summed E-state index contributed by atoms with van der Waals surface area (Å²) in [4.78, 5) is 11.1. The summed E-state index contributed by atoms with van der Waals surface area (Å²) in [5, 5.41) is 17.7. The number of carbonyl (C=O) groups is 1. The van der Waals surface area contributed by atoms with Crippen LogP contribution in [0.5, 0.6) is 0 Å². The molecule has 3 nitrogen and oxygen atoms in total. The van der Waals surface area contributed by atoms with Crippen molar-refractivity contribution in [3.63, 3.8) is 0 Å². The Morgan fingerprint density at radius 1 is 1.53 bits per heavy atom. The third-order valence-corrected chi connectivity index (χ3v) is 3.80. The molecule has 0 saturated heterocycles. The Kier molecular flexibility index (Phi) is 5.37. The molecule has 102 valence electrons. The smallest absolute Gasteiger partial charge is 0.335 e. The van der Waals surface area contributed by atoms with E-state index in [2.05, 4.69) is 6.07 Å². The predicted octanol–water partition coefficient (Wildman–Crippen LogP) is 3.95.